The van der Waals surface area contributed by atoms with E-state index in [2.05, 4.69) is 9.47 Å². The van der Waals surface area contributed by atoms with Crippen LogP contribution in [-0.2, 0) is 39.9 Å². The predicted molar refractivity (Wildman–Crippen MR) is 117 cm³/mol. The average molecular weight is 472 g/mol. The Bertz CT molecular complexity index is 1000. The van der Waals surface area contributed by atoms with Gasteiger partial charge >= 0.3 is 17.9 Å². The highest BCUT2D eigenvalue weighted by atomic mass is 16.6. The minimum atomic E-state index is -0.855. The molecule has 0 unspecified atom stereocenters. The molecule has 0 atom stereocenters. The SMILES string of the molecule is COC=C(Oc1cccc(OC(=COC)C(=O)OC)c1C(=O)OCc1ccccc1)C(=O)OC. The molecule has 0 bridgehead atoms. The molecule has 0 aromatic heterocycles. The first-order valence-corrected chi connectivity index (χ1v) is 9.77. The van der Waals surface area contributed by atoms with Crippen molar-refractivity contribution in [1.82, 2.24) is 0 Å². The smallest absolute Gasteiger partial charge is 0.377 e. The monoisotopic (exact) mass is 472 g/mol. The molecule has 2 aromatic carbocycles. The predicted octanol–water partition coefficient (Wildman–Crippen LogP) is 3.12. The number of methoxy groups -OCH3 is 4. The third kappa shape index (κ3) is 7.02. The Balaban J connectivity index is 2.49. The molecular formula is C24H24O10. The molecule has 180 valence electrons. The second kappa shape index (κ2) is 13.2. The van der Waals surface area contributed by atoms with Crippen LogP contribution in [0.1, 0.15) is 15.9 Å². The lowest BCUT2D eigenvalue weighted by Crippen LogP contribution is -2.16. The van der Waals surface area contributed by atoms with E-state index < -0.39 is 17.9 Å². The molecular weight excluding hydrogens is 448 g/mol. The van der Waals surface area contributed by atoms with E-state index in [9.17, 15) is 14.4 Å². The molecule has 10 nitrogen and oxygen atoms in total. The number of esters is 3. The number of rotatable bonds is 11. The lowest BCUT2D eigenvalue weighted by atomic mass is 10.1. The minimum absolute atomic E-state index is 0.0526. The van der Waals surface area contributed by atoms with Crippen molar-refractivity contribution < 1.29 is 47.5 Å². The number of carbonyl (C=O) groups is 3. The first kappa shape index (κ1) is 25.8. The number of carbonyl (C=O) groups excluding carboxylic acids is 3. The summed E-state index contributed by atoms with van der Waals surface area (Å²) < 4.78 is 35.7. The van der Waals surface area contributed by atoms with Gasteiger partial charge in [-0.2, -0.15) is 0 Å². The Labute approximate surface area is 196 Å². The summed E-state index contributed by atoms with van der Waals surface area (Å²) >= 11 is 0. The second-order valence-electron chi connectivity index (χ2n) is 6.31. The molecule has 2 rings (SSSR count). The van der Waals surface area contributed by atoms with Crippen LogP contribution in [-0.4, -0.2) is 46.3 Å². The third-order valence-corrected chi connectivity index (χ3v) is 4.07. The average Bonchev–Trinajstić information content (AvgIpc) is 2.86. The van der Waals surface area contributed by atoms with Gasteiger partial charge in [0.1, 0.15) is 36.2 Å². The van der Waals surface area contributed by atoms with Crippen LogP contribution in [0.15, 0.2) is 72.6 Å². The van der Waals surface area contributed by atoms with Gasteiger partial charge in [-0.05, 0) is 17.7 Å². The number of benzene rings is 2. The van der Waals surface area contributed by atoms with Gasteiger partial charge in [-0.15, -0.1) is 0 Å². The largest absolute Gasteiger partial charge is 0.500 e. The third-order valence-electron chi connectivity index (χ3n) is 4.07. The maximum Gasteiger partial charge on any atom is 0.377 e. The molecule has 0 heterocycles. The van der Waals surface area contributed by atoms with Crippen LogP contribution in [0, 0.1) is 0 Å². The van der Waals surface area contributed by atoms with Crippen LogP contribution in [0.3, 0.4) is 0 Å². The number of hydrogen-bond acceptors (Lipinski definition) is 10. The van der Waals surface area contributed by atoms with E-state index in [-0.39, 0.29) is 35.2 Å². The number of hydrogen-bond donors (Lipinski definition) is 0. The van der Waals surface area contributed by atoms with Gasteiger partial charge in [-0.25, -0.2) is 14.4 Å². The second-order valence-corrected chi connectivity index (χ2v) is 6.31. The summed E-state index contributed by atoms with van der Waals surface area (Å²) in [7, 11) is 4.92. The quantitative estimate of drug-likeness (QED) is 0.209. The molecule has 10 heteroatoms. The Kier molecular flexibility index (Phi) is 9.98. The molecule has 0 radical (unpaired) electrons. The maximum absolute atomic E-state index is 13.1. The van der Waals surface area contributed by atoms with Crippen LogP contribution in [0.25, 0.3) is 0 Å². The highest BCUT2D eigenvalue weighted by molar-refractivity contribution is 5.97. The van der Waals surface area contributed by atoms with Crippen LogP contribution in [0.2, 0.25) is 0 Å². The molecule has 0 saturated heterocycles. The molecule has 0 saturated carbocycles. The van der Waals surface area contributed by atoms with E-state index in [0.29, 0.717) is 0 Å². The topological polar surface area (TPSA) is 116 Å². The van der Waals surface area contributed by atoms with Crippen molar-refractivity contribution >= 4 is 17.9 Å². The van der Waals surface area contributed by atoms with Crippen molar-refractivity contribution in [1.29, 1.82) is 0 Å². The van der Waals surface area contributed by atoms with Crippen LogP contribution < -0.4 is 9.47 Å². The van der Waals surface area contributed by atoms with Gasteiger partial charge < -0.3 is 33.2 Å². The van der Waals surface area contributed by atoms with E-state index in [1.165, 1.54) is 32.4 Å². The lowest BCUT2D eigenvalue weighted by Gasteiger charge is -2.16. The molecule has 2 aromatic rings. The molecule has 0 amide bonds. The van der Waals surface area contributed by atoms with Gasteiger partial charge in [0.05, 0.1) is 28.4 Å². The fourth-order valence-electron chi connectivity index (χ4n) is 2.56. The molecule has 0 aliphatic heterocycles. The lowest BCUT2D eigenvalue weighted by molar-refractivity contribution is -0.139. The molecule has 0 spiro atoms. The van der Waals surface area contributed by atoms with E-state index in [4.69, 9.17) is 23.7 Å². The standard InChI is InChI=1S/C24H24O10/c1-28-14-19(22(25)30-3)33-17-11-8-12-18(34-20(15-29-2)23(26)31-4)21(17)24(27)32-13-16-9-6-5-7-10-16/h5-12,14-15H,13H2,1-4H3. The van der Waals surface area contributed by atoms with Crippen molar-refractivity contribution in [3.63, 3.8) is 0 Å². The van der Waals surface area contributed by atoms with Crippen LogP contribution in [0.5, 0.6) is 11.5 Å². The van der Waals surface area contributed by atoms with Gasteiger partial charge in [0.15, 0.2) is 0 Å². The maximum atomic E-state index is 13.1. The zero-order chi connectivity index (χ0) is 24.9. The fraction of sp³-hybridized carbons (Fsp3) is 0.208. The highest BCUT2D eigenvalue weighted by Crippen LogP contribution is 2.32. The molecule has 0 N–H and O–H groups in total. The Morgan fingerprint density at radius 1 is 0.706 bits per heavy atom. The first-order valence-electron chi connectivity index (χ1n) is 9.77. The molecule has 0 aliphatic carbocycles. The summed E-state index contributed by atoms with van der Waals surface area (Å²) in [5, 5.41) is 0. The van der Waals surface area contributed by atoms with Gasteiger partial charge in [-0.3, -0.25) is 0 Å². The van der Waals surface area contributed by atoms with Gasteiger partial charge in [0, 0.05) is 0 Å². The summed E-state index contributed by atoms with van der Waals surface area (Å²) in [5.74, 6) is -3.49. The minimum Gasteiger partial charge on any atom is -0.500 e. The highest BCUT2D eigenvalue weighted by Gasteiger charge is 2.26. The molecule has 34 heavy (non-hydrogen) atoms. The summed E-state index contributed by atoms with van der Waals surface area (Å²) in [6.45, 7) is -0.0526. The zero-order valence-electron chi connectivity index (χ0n) is 19.1. The number of ether oxygens (including phenoxy) is 7. The summed E-state index contributed by atoms with van der Waals surface area (Å²) in [6.07, 6.45) is 2.01. The fourth-order valence-corrected chi connectivity index (χ4v) is 2.56. The summed E-state index contributed by atoms with van der Waals surface area (Å²) in [5.41, 5.74) is 0.524. The Morgan fingerprint density at radius 3 is 1.65 bits per heavy atom. The van der Waals surface area contributed by atoms with E-state index in [1.807, 2.05) is 6.07 Å². The van der Waals surface area contributed by atoms with E-state index in [0.717, 1.165) is 32.3 Å². The van der Waals surface area contributed by atoms with E-state index >= 15 is 0 Å². The summed E-state index contributed by atoms with van der Waals surface area (Å²) in [6, 6.07) is 13.2. The van der Waals surface area contributed by atoms with Crippen molar-refractivity contribution in [2.45, 2.75) is 6.61 Å². The van der Waals surface area contributed by atoms with Crippen molar-refractivity contribution in [3.05, 3.63) is 83.7 Å². The van der Waals surface area contributed by atoms with Gasteiger partial charge in [-0.1, -0.05) is 36.4 Å². The summed E-state index contributed by atoms with van der Waals surface area (Å²) in [4.78, 5) is 37.2. The van der Waals surface area contributed by atoms with Crippen molar-refractivity contribution in [3.8, 4) is 11.5 Å². The van der Waals surface area contributed by atoms with Gasteiger partial charge in [0.25, 0.3) is 0 Å². The normalized spacial score (nSPS) is 11.2. The first-order chi connectivity index (χ1) is 16.4. The van der Waals surface area contributed by atoms with Crippen LogP contribution >= 0.6 is 0 Å². The van der Waals surface area contributed by atoms with Crippen molar-refractivity contribution in [2.75, 3.05) is 28.4 Å². The zero-order valence-corrected chi connectivity index (χ0v) is 19.1. The Hall–Kier alpha value is -4.47. The van der Waals surface area contributed by atoms with Crippen LogP contribution in [0.4, 0.5) is 0 Å². The molecule has 0 fully saturated rings. The van der Waals surface area contributed by atoms with Crippen molar-refractivity contribution in [2.24, 2.45) is 0 Å². The van der Waals surface area contributed by atoms with Gasteiger partial charge in [0.2, 0.25) is 11.5 Å². The Morgan fingerprint density at radius 2 is 1.21 bits per heavy atom. The van der Waals surface area contributed by atoms with E-state index in [1.54, 1.807) is 24.3 Å². The molecule has 0 aliphatic rings.